The zero-order valence-corrected chi connectivity index (χ0v) is 25.3. The van der Waals surface area contributed by atoms with E-state index in [2.05, 4.69) is 24.3 Å². The SMILES string of the molecule is CCOP(=O)(OCC)C1SC(C)=C(c2ccc(C3=C(C)SC(P(=O)(OCC)OCC)S3)cc2)S1. The third-order valence-electron chi connectivity index (χ3n) is 4.79. The molecule has 12 heteroatoms. The van der Waals surface area contributed by atoms with E-state index in [0.717, 1.165) is 30.7 Å². The van der Waals surface area contributed by atoms with Crippen LogP contribution in [0.4, 0.5) is 0 Å². The van der Waals surface area contributed by atoms with Gasteiger partial charge in [-0.2, -0.15) is 0 Å². The van der Waals surface area contributed by atoms with Crippen molar-refractivity contribution in [1.82, 2.24) is 0 Å². The maximum atomic E-state index is 13.2. The van der Waals surface area contributed by atoms with E-state index in [0.29, 0.717) is 26.4 Å². The normalized spacial score (nSPS) is 21.7. The van der Waals surface area contributed by atoms with Crippen LogP contribution < -0.4 is 0 Å². The molecule has 0 saturated carbocycles. The highest BCUT2D eigenvalue weighted by Crippen LogP contribution is 2.70. The number of hydrogen-bond donors (Lipinski definition) is 0. The minimum absolute atomic E-state index is 0.305. The van der Waals surface area contributed by atoms with E-state index in [1.807, 2.05) is 41.5 Å². The first-order valence-electron chi connectivity index (χ1n) is 11.2. The molecular formula is C22H32O6P2S4. The second-order valence-corrected chi connectivity index (χ2v) is 18.3. The fourth-order valence-corrected chi connectivity index (χ4v) is 15.4. The van der Waals surface area contributed by atoms with Gasteiger partial charge in [-0.1, -0.05) is 47.8 Å². The molecule has 2 aliphatic heterocycles. The van der Waals surface area contributed by atoms with Crippen LogP contribution in [0.1, 0.15) is 52.7 Å². The molecule has 0 aliphatic carbocycles. The molecule has 0 spiro atoms. The Balaban J connectivity index is 1.75. The van der Waals surface area contributed by atoms with Crippen molar-refractivity contribution >= 4 is 72.0 Å². The van der Waals surface area contributed by atoms with Gasteiger partial charge in [0.1, 0.15) is 0 Å². The largest absolute Gasteiger partial charge is 0.354 e. The highest BCUT2D eigenvalue weighted by molar-refractivity contribution is 8.32. The van der Waals surface area contributed by atoms with Crippen molar-refractivity contribution in [3.63, 3.8) is 0 Å². The Hall–Kier alpha value is 0.400. The predicted octanol–water partition coefficient (Wildman–Crippen LogP) is 9.12. The van der Waals surface area contributed by atoms with Crippen molar-refractivity contribution in [1.29, 1.82) is 0 Å². The minimum Gasteiger partial charge on any atom is -0.307 e. The summed E-state index contributed by atoms with van der Waals surface area (Å²) < 4.78 is 48.1. The van der Waals surface area contributed by atoms with Crippen LogP contribution in [0.2, 0.25) is 0 Å². The zero-order chi connectivity index (χ0) is 24.9. The first-order chi connectivity index (χ1) is 16.2. The van der Waals surface area contributed by atoms with Crippen LogP contribution in [-0.2, 0) is 27.2 Å². The van der Waals surface area contributed by atoms with Gasteiger partial charge >= 0.3 is 15.2 Å². The molecule has 2 unspecified atom stereocenters. The second kappa shape index (κ2) is 12.8. The van der Waals surface area contributed by atoms with E-state index in [1.54, 1.807) is 47.0 Å². The molecule has 190 valence electrons. The fourth-order valence-electron chi connectivity index (χ4n) is 3.44. The summed E-state index contributed by atoms with van der Waals surface area (Å²) in [6.07, 6.45) is 0. The molecule has 0 fully saturated rings. The molecule has 6 nitrogen and oxygen atoms in total. The van der Waals surface area contributed by atoms with E-state index >= 15 is 0 Å². The highest BCUT2D eigenvalue weighted by Gasteiger charge is 2.43. The van der Waals surface area contributed by atoms with E-state index in [1.165, 1.54) is 0 Å². The summed E-state index contributed by atoms with van der Waals surface area (Å²) in [4.78, 5) is 4.40. The average molecular weight is 583 g/mol. The van der Waals surface area contributed by atoms with E-state index < -0.39 is 15.2 Å². The Morgan fingerprint density at radius 1 is 0.618 bits per heavy atom. The zero-order valence-electron chi connectivity index (χ0n) is 20.3. The monoisotopic (exact) mass is 582 g/mol. The van der Waals surface area contributed by atoms with Crippen molar-refractivity contribution in [2.45, 2.75) is 50.2 Å². The molecule has 3 rings (SSSR count). The molecule has 0 aromatic heterocycles. The van der Waals surface area contributed by atoms with Crippen molar-refractivity contribution in [2.75, 3.05) is 26.4 Å². The molecule has 1 aromatic rings. The van der Waals surface area contributed by atoms with Crippen molar-refractivity contribution in [2.24, 2.45) is 0 Å². The fraction of sp³-hybridized carbons (Fsp3) is 0.545. The van der Waals surface area contributed by atoms with Crippen LogP contribution >= 0.6 is 62.2 Å². The van der Waals surface area contributed by atoms with Gasteiger partial charge in [0, 0.05) is 9.81 Å². The van der Waals surface area contributed by atoms with Crippen molar-refractivity contribution in [3.8, 4) is 0 Å². The lowest BCUT2D eigenvalue weighted by atomic mass is 10.1. The summed E-state index contributed by atoms with van der Waals surface area (Å²) in [6.45, 7) is 12.8. The Labute approximate surface area is 220 Å². The Bertz CT molecular complexity index is 926. The topological polar surface area (TPSA) is 71.1 Å². The highest BCUT2D eigenvalue weighted by atomic mass is 32.2. The van der Waals surface area contributed by atoms with E-state index in [9.17, 15) is 9.13 Å². The van der Waals surface area contributed by atoms with Crippen LogP contribution in [0.5, 0.6) is 0 Å². The number of rotatable bonds is 12. The Morgan fingerprint density at radius 2 is 0.912 bits per heavy atom. The van der Waals surface area contributed by atoms with Gasteiger partial charge in [-0.05, 0) is 62.5 Å². The Morgan fingerprint density at radius 3 is 1.18 bits per heavy atom. The molecule has 2 aliphatic rings. The lowest BCUT2D eigenvalue weighted by molar-refractivity contribution is 0.221. The van der Waals surface area contributed by atoms with Gasteiger partial charge < -0.3 is 18.1 Å². The first-order valence-corrected chi connectivity index (χ1v) is 17.9. The van der Waals surface area contributed by atoms with E-state index in [4.69, 9.17) is 18.1 Å². The molecule has 0 amide bonds. The summed E-state index contributed by atoms with van der Waals surface area (Å²) in [5.41, 5.74) is 2.14. The number of allylic oxidation sites excluding steroid dienone is 2. The Kier molecular flexibility index (Phi) is 10.9. The molecular weight excluding hydrogens is 550 g/mol. The molecule has 1 aromatic carbocycles. The third kappa shape index (κ3) is 6.45. The lowest BCUT2D eigenvalue weighted by Gasteiger charge is -2.22. The summed E-state index contributed by atoms with van der Waals surface area (Å²) in [7, 11) is -6.42. The van der Waals surface area contributed by atoms with Crippen LogP contribution in [0.25, 0.3) is 9.81 Å². The molecule has 0 N–H and O–H groups in total. The maximum Gasteiger partial charge on any atom is 0.354 e. The molecule has 0 saturated heterocycles. The third-order valence-corrected chi connectivity index (χ3v) is 17.6. The number of thioether (sulfide) groups is 4. The number of benzene rings is 1. The lowest BCUT2D eigenvalue weighted by Crippen LogP contribution is -2.04. The standard InChI is InChI=1S/C22H32O6P2S4/c1-7-25-29(23,26-8-2)21-31-15(5)19(33-21)17-11-13-18(14-12-17)20-16(6)32-22(34-20)30(24,27-9-3)28-10-4/h11-14,21-22H,7-10H2,1-6H3. The summed E-state index contributed by atoms with van der Waals surface area (Å²) in [5, 5.41) is 0. The first kappa shape index (κ1) is 29.0. The van der Waals surface area contributed by atoms with Gasteiger partial charge in [0.2, 0.25) is 0 Å². The molecule has 0 bridgehead atoms. The van der Waals surface area contributed by atoms with Crippen LogP contribution in [0, 0.1) is 0 Å². The van der Waals surface area contributed by atoms with Gasteiger partial charge in [-0.25, -0.2) is 0 Å². The molecule has 2 atom stereocenters. The van der Waals surface area contributed by atoms with Gasteiger partial charge in [-0.3, -0.25) is 9.13 Å². The second-order valence-electron chi connectivity index (χ2n) is 7.18. The predicted molar refractivity (Wildman–Crippen MR) is 151 cm³/mol. The van der Waals surface area contributed by atoms with Crippen molar-refractivity contribution < 1.29 is 27.2 Å². The van der Waals surface area contributed by atoms with Gasteiger partial charge in [0.25, 0.3) is 0 Å². The van der Waals surface area contributed by atoms with Crippen molar-refractivity contribution in [3.05, 3.63) is 45.2 Å². The quantitative estimate of drug-likeness (QED) is 0.223. The van der Waals surface area contributed by atoms with Gasteiger partial charge in [-0.15, -0.1) is 23.5 Å². The smallest absolute Gasteiger partial charge is 0.307 e. The minimum atomic E-state index is -3.21. The molecule has 0 radical (unpaired) electrons. The summed E-state index contributed by atoms with van der Waals surface area (Å²) >= 11 is 6.20. The molecule has 2 heterocycles. The van der Waals surface area contributed by atoms with Gasteiger partial charge in [0.15, 0.2) is 8.65 Å². The van der Waals surface area contributed by atoms with E-state index in [-0.39, 0.29) is 8.65 Å². The van der Waals surface area contributed by atoms with Crippen LogP contribution in [0.3, 0.4) is 0 Å². The van der Waals surface area contributed by atoms with Crippen LogP contribution in [-0.4, -0.2) is 35.1 Å². The van der Waals surface area contributed by atoms with Crippen LogP contribution in [0.15, 0.2) is 34.1 Å². The number of hydrogen-bond acceptors (Lipinski definition) is 10. The summed E-state index contributed by atoms with van der Waals surface area (Å²) in [5.74, 6) is 0. The maximum absolute atomic E-state index is 13.2. The van der Waals surface area contributed by atoms with Gasteiger partial charge in [0.05, 0.1) is 26.4 Å². The molecule has 34 heavy (non-hydrogen) atoms. The summed E-state index contributed by atoms with van der Waals surface area (Å²) in [6, 6.07) is 8.33. The average Bonchev–Trinajstić information content (AvgIpc) is 3.38.